The van der Waals surface area contributed by atoms with Gasteiger partial charge in [-0.3, -0.25) is 18.7 Å². The molecule has 5 rings (SSSR count). The average Bonchev–Trinajstić information content (AvgIpc) is 2.91. The van der Waals surface area contributed by atoms with Crippen molar-refractivity contribution in [3.8, 4) is 0 Å². The average molecular weight is 651 g/mol. The summed E-state index contributed by atoms with van der Waals surface area (Å²) in [7, 11) is -10.0. The van der Waals surface area contributed by atoms with Gasteiger partial charge in [-0.15, -0.1) is 0 Å². The van der Waals surface area contributed by atoms with Gasteiger partial charge in [-0.25, -0.2) is 0 Å². The molecule has 1 aromatic heterocycles. The van der Waals surface area contributed by atoms with Crippen LogP contribution in [0.15, 0.2) is 58.3 Å². The van der Waals surface area contributed by atoms with Crippen molar-refractivity contribution in [3.05, 3.63) is 93.3 Å². The molecule has 0 unspecified atom stereocenters. The Morgan fingerprint density at radius 2 is 1.35 bits per heavy atom. The molecule has 17 heteroatoms. The van der Waals surface area contributed by atoms with Gasteiger partial charge in [0.25, 0.3) is 20.2 Å². The lowest BCUT2D eigenvalue weighted by atomic mass is 9.82. The third-order valence-electron chi connectivity index (χ3n) is 6.58. The SMILES string of the molecule is Cc1c(Nc2cc(F)nc(F)c2Cl)cc(S(=O)(=O)O)cc1Nc1cc(S(=O)(=O)O)c(N)c2c1C(=O)c1ccccc1C2=O. The molecule has 1 aliphatic rings. The maximum atomic E-state index is 14.0. The number of anilines is 5. The molecule has 6 N–H and O–H groups in total. The van der Waals surface area contributed by atoms with Gasteiger partial charge < -0.3 is 16.4 Å². The van der Waals surface area contributed by atoms with Crippen molar-refractivity contribution in [1.29, 1.82) is 0 Å². The van der Waals surface area contributed by atoms with Crippen LogP contribution in [0.5, 0.6) is 0 Å². The molecular formula is C26H17ClF2N4O8S2. The molecule has 0 aliphatic heterocycles. The molecule has 43 heavy (non-hydrogen) atoms. The fourth-order valence-corrected chi connectivity index (χ4v) is 5.88. The van der Waals surface area contributed by atoms with Gasteiger partial charge >= 0.3 is 0 Å². The zero-order valence-electron chi connectivity index (χ0n) is 21.4. The number of nitrogens with two attached hydrogens (primary N) is 1. The Bertz CT molecular complexity index is 2140. The first-order valence-electron chi connectivity index (χ1n) is 11.8. The first kappa shape index (κ1) is 30.0. The summed E-state index contributed by atoms with van der Waals surface area (Å²) in [5, 5.41) is 4.58. The van der Waals surface area contributed by atoms with E-state index in [1.807, 2.05) is 0 Å². The molecule has 0 amide bonds. The molecule has 0 saturated carbocycles. The van der Waals surface area contributed by atoms with E-state index >= 15 is 0 Å². The Morgan fingerprint density at radius 3 is 1.88 bits per heavy atom. The molecule has 0 fully saturated rings. The summed E-state index contributed by atoms with van der Waals surface area (Å²) in [5.74, 6) is -4.21. The van der Waals surface area contributed by atoms with Gasteiger partial charge in [0.05, 0.1) is 33.1 Å². The maximum Gasteiger partial charge on any atom is 0.296 e. The van der Waals surface area contributed by atoms with Crippen molar-refractivity contribution in [2.75, 3.05) is 16.4 Å². The van der Waals surface area contributed by atoms with Crippen molar-refractivity contribution >= 4 is 71.8 Å². The number of carbonyl (C=O) groups is 2. The highest BCUT2D eigenvalue weighted by atomic mass is 35.5. The molecule has 4 aromatic rings. The van der Waals surface area contributed by atoms with Crippen LogP contribution in [0, 0.1) is 18.8 Å². The Kier molecular flexibility index (Phi) is 7.22. The smallest absolute Gasteiger partial charge is 0.296 e. The van der Waals surface area contributed by atoms with E-state index in [0.717, 1.165) is 18.2 Å². The second kappa shape index (κ2) is 10.4. The number of rotatable bonds is 6. The van der Waals surface area contributed by atoms with Gasteiger partial charge in [-0.1, -0.05) is 35.9 Å². The van der Waals surface area contributed by atoms with Crippen LogP contribution in [0.25, 0.3) is 0 Å². The van der Waals surface area contributed by atoms with Crippen LogP contribution in [0.3, 0.4) is 0 Å². The van der Waals surface area contributed by atoms with Gasteiger partial charge in [-0.05, 0) is 30.7 Å². The zero-order valence-corrected chi connectivity index (χ0v) is 23.8. The number of halogens is 3. The van der Waals surface area contributed by atoms with Crippen LogP contribution in [-0.4, -0.2) is 42.5 Å². The molecule has 12 nitrogen and oxygen atoms in total. The third kappa shape index (κ3) is 5.30. The number of nitrogen functional groups attached to an aromatic ring is 1. The summed E-state index contributed by atoms with van der Waals surface area (Å²) in [6.45, 7) is 1.38. The Balaban J connectivity index is 1.76. The summed E-state index contributed by atoms with van der Waals surface area (Å²) >= 11 is 5.88. The molecular weight excluding hydrogens is 634 g/mol. The summed E-state index contributed by atoms with van der Waals surface area (Å²) in [4.78, 5) is 28.3. The van der Waals surface area contributed by atoms with Crippen LogP contribution in [0.1, 0.15) is 37.4 Å². The number of hydrogen-bond donors (Lipinski definition) is 5. The van der Waals surface area contributed by atoms with Gasteiger partial charge in [0.15, 0.2) is 11.6 Å². The topological polar surface area (TPSA) is 206 Å². The van der Waals surface area contributed by atoms with Gasteiger partial charge in [0.1, 0.15) is 9.92 Å². The maximum absolute atomic E-state index is 14.0. The molecule has 1 aliphatic carbocycles. The van der Waals surface area contributed by atoms with Crippen LogP contribution in [0.2, 0.25) is 5.02 Å². The predicted molar refractivity (Wildman–Crippen MR) is 151 cm³/mol. The van der Waals surface area contributed by atoms with E-state index in [-0.39, 0.29) is 45.0 Å². The standard InChI is InChI=1S/C26H17ClF2N4O8S2/c1-10-14(6-11(42(36,37)38)7-15(10)32-17-9-19(28)33-26(29)22(17)27)31-16-8-18(43(39,40)41)23(30)21-20(16)24(34)12-4-2-3-5-13(12)25(21)35/h2-9,31H,30H2,1H3,(H,32,33)(H,36,37,38)(H,39,40,41). The summed E-state index contributed by atoms with van der Waals surface area (Å²) in [6.07, 6.45) is 0. The lowest BCUT2D eigenvalue weighted by Gasteiger charge is -2.24. The van der Waals surface area contributed by atoms with E-state index in [1.165, 1.54) is 31.2 Å². The van der Waals surface area contributed by atoms with E-state index in [2.05, 4.69) is 15.6 Å². The van der Waals surface area contributed by atoms with Crippen molar-refractivity contribution < 1.29 is 44.3 Å². The summed E-state index contributed by atoms with van der Waals surface area (Å²) in [6, 6.07) is 8.97. The van der Waals surface area contributed by atoms with E-state index < -0.39 is 69.8 Å². The number of aromatic nitrogens is 1. The molecule has 222 valence electrons. The number of hydrogen-bond acceptors (Lipinski definition) is 10. The highest BCUT2D eigenvalue weighted by Crippen LogP contribution is 2.42. The van der Waals surface area contributed by atoms with E-state index in [0.29, 0.717) is 6.07 Å². The zero-order chi connectivity index (χ0) is 31.6. The number of pyridine rings is 1. The fourth-order valence-electron chi connectivity index (χ4n) is 4.55. The lowest BCUT2D eigenvalue weighted by Crippen LogP contribution is -2.25. The number of nitrogens with one attached hydrogen (secondary N) is 2. The van der Waals surface area contributed by atoms with E-state index in [1.54, 1.807) is 0 Å². The monoisotopic (exact) mass is 650 g/mol. The Labute approximate surface area is 247 Å². The Hall–Kier alpha value is -4.48. The molecule has 0 radical (unpaired) electrons. The minimum absolute atomic E-state index is 0.0378. The molecule has 0 spiro atoms. The van der Waals surface area contributed by atoms with Crippen LogP contribution < -0.4 is 16.4 Å². The third-order valence-corrected chi connectivity index (χ3v) is 8.67. The Morgan fingerprint density at radius 1 is 0.814 bits per heavy atom. The second-order valence-corrected chi connectivity index (χ2v) is 12.4. The van der Waals surface area contributed by atoms with Crippen molar-refractivity contribution in [2.45, 2.75) is 16.7 Å². The predicted octanol–water partition coefficient (Wildman–Crippen LogP) is 4.66. The highest BCUT2D eigenvalue weighted by Gasteiger charge is 2.36. The van der Waals surface area contributed by atoms with Crippen LogP contribution in [0.4, 0.5) is 37.2 Å². The van der Waals surface area contributed by atoms with Crippen molar-refractivity contribution in [1.82, 2.24) is 4.98 Å². The number of ketones is 2. The minimum Gasteiger partial charge on any atom is -0.397 e. The number of fused-ring (bicyclic) bond motifs is 2. The van der Waals surface area contributed by atoms with Crippen molar-refractivity contribution in [3.63, 3.8) is 0 Å². The van der Waals surface area contributed by atoms with E-state index in [9.17, 15) is 44.3 Å². The lowest BCUT2D eigenvalue weighted by molar-refractivity contribution is 0.0980. The van der Waals surface area contributed by atoms with E-state index in [4.69, 9.17) is 17.3 Å². The van der Waals surface area contributed by atoms with Crippen molar-refractivity contribution in [2.24, 2.45) is 0 Å². The quantitative estimate of drug-likeness (QED) is 0.0966. The van der Waals surface area contributed by atoms with Gasteiger partial charge in [-0.2, -0.15) is 30.6 Å². The largest absolute Gasteiger partial charge is 0.397 e. The normalized spacial score (nSPS) is 13.0. The molecule has 0 atom stereocenters. The van der Waals surface area contributed by atoms with Crippen LogP contribution >= 0.6 is 11.6 Å². The minimum atomic E-state index is -5.07. The van der Waals surface area contributed by atoms with Gasteiger partial charge in [0.2, 0.25) is 11.9 Å². The molecule has 0 saturated heterocycles. The molecule has 0 bridgehead atoms. The van der Waals surface area contributed by atoms with Crippen LogP contribution in [-0.2, 0) is 20.2 Å². The number of benzene rings is 3. The highest BCUT2D eigenvalue weighted by molar-refractivity contribution is 7.86. The van der Waals surface area contributed by atoms with Gasteiger partial charge in [0, 0.05) is 28.6 Å². The summed E-state index contributed by atoms with van der Waals surface area (Å²) < 4.78 is 96.2. The first-order valence-corrected chi connectivity index (χ1v) is 15.0. The fraction of sp³-hybridized carbons (Fsp3) is 0.0385. The second-order valence-electron chi connectivity index (χ2n) is 9.23. The number of carbonyl (C=O) groups excluding carboxylic acids is 2. The first-order chi connectivity index (χ1) is 20.0. The molecule has 1 heterocycles. The molecule has 3 aromatic carbocycles. The summed E-state index contributed by atoms with van der Waals surface area (Å²) in [5.41, 5.74) is 3.22. The number of nitrogens with zero attached hydrogens (tertiary/aromatic N) is 1.